The van der Waals surface area contributed by atoms with E-state index in [1.54, 1.807) is 18.6 Å². The number of nitrogens with two attached hydrogens (primary N) is 1. The highest BCUT2D eigenvalue weighted by Gasteiger charge is 2.19. The molecule has 0 spiro atoms. The van der Waals surface area contributed by atoms with Crippen LogP contribution in [0.25, 0.3) is 0 Å². The van der Waals surface area contributed by atoms with E-state index >= 15 is 0 Å². The summed E-state index contributed by atoms with van der Waals surface area (Å²) in [6.45, 7) is 3.65. The van der Waals surface area contributed by atoms with Gasteiger partial charge in [0.1, 0.15) is 5.82 Å². The minimum Gasteiger partial charge on any atom is -0.368 e. The Kier molecular flexibility index (Phi) is 3.60. The van der Waals surface area contributed by atoms with Crippen LogP contribution in [0.15, 0.2) is 36.8 Å². The Morgan fingerprint density at radius 2 is 1.65 bits per heavy atom. The van der Waals surface area contributed by atoms with Gasteiger partial charge < -0.3 is 15.2 Å². The molecule has 3 rings (SSSR count). The SMILES string of the molecule is NNc1cc(N2CCN(c3ncccn3)CC2)ccn1. The molecule has 0 aliphatic carbocycles. The van der Waals surface area contributed by atoms with Crippen LogP contribution in [0.2, 0.25) is 0 Å². The Bertz CT molecular complexity index is 552. The van der Waals surface area contributed by atoms with Gasteiger partial charge in [0.25, 0.3) is 0 Å². The molecule has 20 heavy (non-hydrogen) atoms. The Morgan fingerprint density at radius 1 is 0.950 bits per heavy atom. The van der Waals surface area contributed by atoms with E-state index in [-0.39, 0.29) is 0 Å². The van der Waals surface area contributed by atoms with Crippen molar-refractivity contribution in [2.24, 2.45) is 5.84 Å². The van der Waals surface area contributed by atoms with Crippen molar-refractivity contribution in [1.82, 2.24) is 15.0 Å². The monoisotopic (exact) mass is 271 g/mol. The number of pyridine rings is 1. The maximum absolute atomic E-state index is 5.39. The van der Waals surface area contributed by atoms with Crippen LogP contribution in [0.5, 0.6) is 0 Å². The van der Waals surface area contributed by atoms with Crippen molar-refractivity contribution < 1.29 is 0 Å². The molecule has 1 aliphatic heterocycles. The number of aromatic nitrogens is 3. The van der Waals surface area contributed by atoms with Crippen LogP contribution in [-0.4, -0.2) is 41.1 Å². The number of hydrogen-bond acceptors (Lipinski definition) is 7. The smallest absolute Gasteiger partial charge is 0.225 e. The molecule has 2 aromatic heterocycles. The van der Waals surface area contributed by atoms with Gasteiger partial charge in [-0.05, 0) is 12.1 Å². The molecule has 7 nitrogen and oxygen atoms in total. The summed E-state index contributed by atoms with van der Waals surface area (Å²) in [4.78, 5) is 17.2. The molecule has 0 bridgehead atoms. The number of nitrogens with one attached hydrogen (secondary N) is 1. The molecule has 0 radical (unpaired) electrons. The normalized spacial score (nSPS) is 15.2. The van der Waals surface area contributed by atoms with Crippen molar-refractivity contribution in [2.45, 2.75) is 0 Å². The zero-order chi connectivity index (χ0) is 13.8. The second kappa shape index (κ2) is 5.70. The molecule has 0 unspecified atom stereocenters. The number of nitrogens with zero attached hydrogens (tertiary/aromatic N) is 5. The molecule has 0 saturated carbocycles. The van der Waals surface area contributed by atoms with E-state index in [4.69, 9.17) is 5.84 Å². The molecule has 1 aliphatic rings. The molecule has 104 valence electrons. The fourth-order valence-electron chi connectivity index (χ4n) is 2.31. The summed E-state index contributed by atoms with van der Waals surface area (Å²) in [5, 5.41) is 0. The number of hydrogen-bond donors (Lipinski definition) is 2. The third-order valence-corrected chi connectivity index (χ3v) is 3.37. The van der Waals surface area contributed by atoms with E-state index in [0.717, 1.165) is 37.8 Å². The fourth-order valence-corrected chi connectivity index (χ4v) is 2.31. The summed E-state index contributed by atoms with van der Waals surface area (Å²) >= 11 is 0. The molecule has 1 fully saturated rings. The van der Waals surface area contributed by atoms with Gasteiger partial charge in [0.15, 0.2) is 0 Å². The standard InChI is InChI=1S/C13H17N7/c14-18-12-10-11(2-5-15-12)19-6-8-20(9-7-19)13-16-3-1-4-17-13/h1-5,10H,6-9,14H2,(H,15,18). The maximum atomic E-state index is 5.39. The lowest BCUT2D eigenvalue weighted by Gasteiger charge is -2.36. The van der Waals surface area contributed by atoms with Crippen molar-refractivity contribution in [3.63, 3.8) is 0 Å². The molecular weight excluding hydrogens is 254 g/mol. The topological polar surface area (TPSA) is 83.2 Å². The first kappa shape index (κ1) is 12.6. The number of anilines is 3. The Hall–Kier alpha value is -2.41. The van der Waals surface area contributed by atoms with Crippen molar-refractivity contribution in [3.05, 3.63) is 36.8 Å². The molecule has 0 atom stereocenters. The van der Waals surface area contributed by atoms with E-state index < -0.39 is 0 Å². The number of rotatable bonds is 3. The first-order valence-corrected chi connectivity index (χ1v) is 6.56. The van der Waals surface area contributed by atoms with Crippen LogP contribution >= 0.6 is 0 Å². The zero-order valence-corrected chi connectivity index (χ0v) is 11.1. The predicted molar refractivity (Wildman–Crippen MR) is 78.5 cm³/mol. The van der Waals surface area contributed by atoms with Crippen LogP contribution in [0, 0.1) is 0 Å². The van der Waals surface area contributed by atoms with Gasteiger partial charge in [-0.1, -0.05) is 0 Å². The van der Waals surface area contributed by atoms with Crippen LogP contribution < -0.4 is 21.1 Å². The summed E-state index contributed by atoms with van der Waals surface area (Å²) in [5.41, 5.74) is 3.70. The van der Waals surface area contributed by atoms with Crippen molar-refractivity contribution in [3.8, 4) is 0 Å². The summed E-state index contributed by atoms with van der Waals surface area (Å²) in [6, 6.07) is 5.78. The van der Waals surface area contributed by atoms with Crippen LogP contribution in [0.3, 0.4) is 0 Å². The first-order valence-electron chi connectivity index (χ1n) is 6.56. The summed E-state index contributed by atoms with van der Waals surface area (Å²) < 4.78 is 0. The molecule has 2 aromatic rings. The Labute approximate surface area is 117 Å². The van der Waals surface area contributed by atoms with Gasteiger partial charge in [0.05, 0.1) is 0 Å². The highest BCUT2D eigenvalue weighted by molar-refractivity contribution is 5.54. The highest BCUT2D eigenvalue weighted by atomic mass is 15.3. The van der Waals surface area contributed by atoms with E-state index in [1.165, 1.54) is 0 Å². The quantitative estimate of drug-likeness (QED) is 0.620. The molecule has 3 N–H and O–H groups in total. The van der Waals surface area contributed by atoms with E-state index in [1.807, 2.05) is 18.2 Å². The van der Waals surface area contributed by atoms with Crippen LogP contribution in [-0.2, 0) is 0 Å². The lowest BCUT2D eigenvalue weighted by atomic mass is 10.2. The van der Waals surface area contributed by atoms with E-state index in [9.17, 15) is 0 Å². The van der Waals surface area contributed by atoms with Gasteiger partial charge >= 0.3 is 0 Å². The number of piperazine rings is 1. The first-order chi connectivity index (χ1) is 9.86. The van der Waals surface area contributed by atoms with Crippen molar-refractivity contribution in [2.75, 3.05) is 41.4 Å². The fraction of sp³-hybridized carbons (Fsp3) is 0.308. The predicted octanol–water partition coefficient (Wildman–Crippen LogP) is 0.484. The van der Waals surface area contributed by atoms with Crippen molar-refractivity contribution >= 4 is 17.5 Å². The average molecular weight is 271 g/mol. The van der Waals surface area contributed by atoms with Gasteiger partial charge in [0, 0.05) is 56.5 Å². The molecule has 0 aromatic carbocycles. The largest absolute Gasteiger partial charge is 0.368 e. The molecule has 1 saturated heterocycles. The zero-order valence-electron chi connectivity index (χ0n) is 11.1. The van der Waals surface area contributed by atoms with Gasteiger partial charge in [-0.15, -0.1) is 0 Å². The summed E-state index contributed by atoms with van der Waals surface area (Å²) in [6.07, 6.45) is 5.31. The molecule has 3 heterocycles. The summed E-state index contributed by atoms with van der Waals surface area (Å²) in [7, 11) is 0. The van der Waals surface area contributed by atoms with Gasteiger partial charge in [-0.25, -0.2) is 20.8 Å². The van der Waals surface area contributed by atoms with Gasteiger partial charge in [0.2, 0.25) is 5.95 Å². The maximum Gasteiger partial charge on any atom is 0.225 e. The summed E-state index contributed by atoms with van der Waals surface area (Å²) in [5.74, 6) is 6.87. The van der Waals surface area contributed by atoms with Crippen LogP contribution in [0.4, 0.5) is 17.5 Å². The third kappa shape index (κ3) is 2.62. The molecular formula is C13H17N7. The van der Waals surface area contributed by atoms with Gasteiger partial charge in [-0.3, -0.25) is 0 Å². The third-order valence-electron chi connectivity index (χ3n) is 3.37. The van der Waals surface area contributed by atoms with E-state index in [2.05, 4.69) is 30.2 Å². The lowest BCUT2D eigenvalue weighted by molar-refractivity contribution is 0.640. The van der Waals surface area contributed by atoms with Gasteiger partial charge in [-0.2, -0.15) is 0 Å². The molecule has 7 heteroatoms. The van der Waals surface area contributed by atoms with Crippen molar-refractivity contribution in [1.29, 1.82) is 0 Å². The number of hydrazine groups is 1. The van der Waals surface area contributed by atoms with Crippen LogP contribution in [0.1, 0.15) is 0 Å². The minimum absolute atomic E-state index is 0.677. The molecule has 0 amide bonds. The minimum atomic E-state index is 0.677. The second-order valence-corrected chi connectivity index (χ2v) is 4.57. The average Bonchev–Trinajstić information content (AvgIpc) is 2.56. The Morgan fingerprint density at radius 3 is 2.35 bits per heavy atom. The van der Waals surface area contributed by atoms with E-state index in [0.29, 0.717) is 5.82 Å². The number of nitrogen functional groups attached to an aromatic ring is 1. The second-order valence-electron chi connectivity index (χ2n) is 4.57. The highest BCUT2D eigenvalue weighted by Crippen LogP contribution is 2.19. The Balaban J connectivity index is 1.66. The lowest BCUT2D eigenvalue weighted by Crippen LogP contribution is -2.47.